The first kappa shape index (κ1) is 18.2. The molecule has 2 fully saturated rings. The van der Waals surface area contributed by atoms with E-state index in [0.717, 1.165) is 43.2 Å². The molecular weight excluding hydrogens is 310 g/mol. The monoisotopic (exact) mass is 343 g/mol. The minimum atomic E-state index is 0.190. The summed E-state index contributed by atoms with van der Waals surface area (Å²) >= 11 is 0. The van der Waals surface area contributed by atoms with E-state index in [0.29, 0.717) is 12.0 Å². The van der Waals surface area contributed by atoms with Gasteiger partial charge in [-0.1, -0.05) is 26.8 Å². The highest BCUT2D eigenvalue weighted by Gasteiger charge is 2.32. The van der Waals surface area contributed by atoms with Crippen LogP contribution in [-0.2, 0) is 11.3 Å². The van der Waals surface area contributed by atoms with E-state index >= 15 is 0 Å². The van der Waals surface area contributed by atoms with E-state index in [4.69, 9.17) is 0 Å². The topological polar surface area (TPSA) is 45.2 Å². The van der Waals surface area contributed by atoms with Crippen LogP contribution in [0.2, 0.25) is 0 Å². The third-order valence-corrected chi connectivity index (χ3v) is 6.03. The summed E-state index contributed by atoms with van der Waals surface area (Å²) in [6, 6.07) is 4.18. The Bertz CT molecular complexity index is 562. The van der Waals surface area contributed by atoms with E-state index < -0.39 is 0 Å². The quantitative estimate of drug-likeness (QED) is 0.893. The number of nitrogens with zero attached hydrogens (tertiary/aromatic N) is 2. The van der Waals surface area contributed by atoms with Gasteiger partial charge in [0.05, 0.1) is 0 Å². The van der Waals surface area contributed by atoms with Crippen molar-refractivity contribution < 1.29 is 4.79 Å². The lowest BCUT2D eigenvalue weighted by Gasteiger charge is -2.36. The molecule has 1 saturated carbocycles. The van der Waals surface area contributed by atoms with Crippen LogP contribution < -0.4 is 10.2 Å². The van der Waals surface area contributed by atoms with Crippen molar-refractivity contribution in [1.29, 1.82) is 0 Å². The van der Waals surface area contributed by atoms with Crippen molar-refractivity contribution in [3.63, 3.8) is 0 Å². The number of aromatic nitrogens is 1. The molecule has 0 aromatic carbocycles. The Morgan fingerprint density at radius 3 is 2.40 bits per heavy atom. The third-order valence-electron chi connectivity index (χ3n) is 6.03. The van der Waals surface area contributed by atoms with Crippen LogP contribution in [0.1, 0.15) is 64.9 Å². The molecular formula is C21H33N3O. The number of carbonyl (C=O) groups excluding carboxylic acids is 1. The fourth-order valence-electron chi connectivity index (χ4n) is 4.21. The zero-order valence-corrected chi connectivity index (χ0v) is 16.1. The first-order valence-corrected chi connectivity index (χ1v) is 9.91. The van der Waals surface area contributed by atoms with E-state index in [-0.39, 0.29) is 11.8 Å². The average molecular weight is 344 g/mol. The highest BCUT2D eigenvalue weighted by molar-refractivity contribution is 5.78. The molecule has 138 valence electrons. The van der Waals surface area contributed by atoms with Gasteiger partial charge < -0.3 is 10.2 Å². The van der Waals surface area contributed by atoms with Crippen molar-refractivity contribution in [3.05, 3.63) is 23.9 Å². The Morgan fingerprint density at radius 2 is 1.84 bits per heavy atom. The number of pyridine rings is 1. The highest BCUT2D eigenvalue weighted by Crippen LogP contribution is 2.39. The maximum Gasteiger partial charge on any atom is 0.223 e. The first-order chi connectivity index (χ1) is 11.9. The van der Waals surface area contributed by atoms with Crippen molar-refractivity contribution in [2.45, 2.75) is 65.8 Å². The molecule has 0 spiro atoms. The Morgan fingerprint density at radius 1 is 1.16 bits per heavy atom. The van der Waals surface area contributed by atoms with Crippen LogP contribution in [0.15, 0.2) is 18.3 Å². The molecule has 1 N–H and O–H groups in total. The molecule has 0 radical (unpaired) electrons. The van der Waals surface area contributed by atoms with Gasteiger partial charge in [0.2, 0.25) is 5.91 Å². The minimum absolute atomic E-state index is 0.190. The van der Waals surface area contributed by atoms with Gasteiger partial charge in [-0.05, 0) is 61.5 Å². The SMILES string of the molecule is CC(C)(C)C1CCC(C(=O)NCc2ccc(N3CCCC3)nc2)CC1. The highest BCUT2D eigenvalue weighted by atomic mass is 16.1. The van der Waals surface area contributed by atoms with E-state index in [9.17, 15) is 4.79 Å². The number of anilines is 1. The van der Waals surface area contributed by atoms with Gasteiger partial charge in [0.1, 0.15) is 5.82 Å². The standard InChI is InChI=1S/C21H33N3O/c1-21(2,3)18-9-7-17(8-10-18)20(25)23-15-16-6-11-19(22-14-16)24-12-4-5-13-24/h6,11,14,17-18H,4-5,7-10,12-13,15H2,1-3H3,(H,23,25). The molecule has 1 aliphatic carbocycles. The molecule has 1 aliphatic heterocycles. The molecule has 3 rings (SSSR count). The van der Waals surface area contributed by atoms with Crippen LogP contribution >= 0.6 is 0 Å². The predicted molar refractivity (Wildman–Crippen MR) is 102 cm³/mol. The van der Waals surface area contributed by atoms with E-state index in [1.807, 2.05) is 6.20 Å². The summed E-state index contributed by atoms with van der Waals surface area (Å²) < 4.78 is 0. The van der Waals surface area contributed by atoms with E-state index in [1.54, 1.807) is 0 Å². The molecule has 1 amide bonds. The van der Waals surface area contributed by atoms with Gasteiger partial charge in [-0.15, -0.1) is 0 Å². The molecule has 1 saturated heterocycles. The van der Waals surface area contributed by atoms with Crippen LogP contribution in [0.5, 0.6) is 0 Å². The van der Waals surface area contributed by atoms with Gasteiger partial charge in [-0.2, -0.15) is 0 Å². The summed E-state index contributed by atoms with van der Waals surface area (Å²) in [7, 11) is 0. The molecule has 0 unspecified atom stereocenters. The van der Waals surface area contributed by atoms with Gasteiger partial charge in [-0.3, -0.25) is 4.79 Å². The van der Waals surface area contributed by atoms with Crippen molar-refractivity contribution >= 4 is 11.7 Å². The summed E-state index contributed by atoms with van der Waals surface area (Å²) in [4.78, 5) is 19.4. The molecule has 4 nitrogen and oxygen atoms in total. The van der Waals surface area contributed by atoms with Crippen LogP contribution in [0.25, 0.3) is 0 Å². The smallest absolute Gasteiger partial charge is 0.223 e. The number of nitrogens with one attached hydrogen (secondary N) is 1. The van der Waals surface area contributed by atoms with Gasteiger partial charge >= 0.3 is 0 Å². The normalized spacial score (nSPS) is 24.4. The lowest BCUT2D eigenvalue weighted by atomic mass is 9.69. The number of hydrogen-bond donors (Lipinski definition) is 1. The molecule has 1 aromatic rings. The van der Waals surface area contributed by atoms with Crippen LogP contribution in [-0.4, -0.2) is 24.0 Å². The van der Waals surface area contributed by atoms with Gasteiger partial charge in [0, 0.05) is 31.7 Å². The van der Waals surface area contributed by atoms with Crippen molar-refractivity contribution in [1.82, 2.24) is 10.3 Å². The summed E-state index contributed by atoms with van der Waals surface area (Å²) in [6.45, 7) is 9.76. The average Bonchev–Trinajstić information content (AvgIpc) is 3.14. The molecule has 2 aliphatic rings. The maximum absolute atomic E-state index is 12.5. The summed E-state index contributed by atoms with van der Waals surface area (Å²) in [6.07, 6.45) is 8.83. The first-order valence-electron chi connectivity index (χ1n) is 9.91. The zero-order valence-electron chi connectivity index (χ0n) is 16.1. The third kappa shape index (κ3) is 4.74. The van der Waals surface area contributed by atoms with Crippen molar-refractivity contribution in [3.8, 4) is 0 Å². The minimum Gasteiger partial charge on any atom is -0.357 e. The van der Waals surface area contributed by atoms with Gasteiger partial charge in [0.15, 0.2) is 0 Å². The fraction of sp³-hybridized carbons (Fsp3) is 0.714. The van der Waals surface area contributed by atoms with Crippen LogP contribution in [0.3, 0.4) is 0 Å². The molecule has 1 aromatic heterocycles. The number of amides is 1. The Balaban J connectivity index is 1.45. The van der Waals surface area contributed by atoms with E-state index in [1.165, 1.54) is 25.7 Å². The van der Waals surface area contributed by atoms with Crippen LogP contribution in [0.4, 0.5) is 5.82 Å². The lowest BCUT2D eigenvalue weighted by Crippen LogP contribution is -2.35. The predicted octanol–water partition coefficient (Wildman–Crippen LogP) is 4.15. The molecule has 0 atom stereocenters. The molecule has 25 heavy (non-hydrogen) atoms. The molecule has 2 heterocycles. The van der Waals surface area contributed by atoms with Crippen LogP contribution in [0, 0.1) is 17.3 Å². The fourth-order valence-corrected chi connectivity index (χ4v) is 4.21. The molecule has 4 heteroatoms. The van der Waals surface area contributed by atoms with E-state index in [2.05, 4.69) is 48.1 Å². The second-order valence-corrected chi connectivity index (χ2v) is 8.85. The largest absolute Gasteiger partial charge is 0.357 e. The maximum atomic E-state index is 12.5. The number of carbonyl (C=O) groups is 1. The summed E-state index contributed by atoms with van der Waals surface area (Å²) in [5.74, 6) is 2.22. The molecule has 0 bridgehead atoms. The lowest BCUT2D eigenvalue weighted by molar-refractivity contribution is -0.126. The van der Waals surface area contributed by atoms with Gasteiger partial charge in [-0.25, -0.2) is 4.98 Å². The van der Waals surface area contributed by atoms with Crippen molar-refractivity contribution in [2.75, 3.05) is 18.0 Å². The number of hydrogen-bond acceptors (Lipinski definition) is 3. The van der Waals surface area contributed by atoms with Crippen molar-refractivity contribution in [2.24, 2.45) is 17.3 Å². The second kappa shape index (κ2) is 7.76. The van der Waals surface area contributed by atoms with Gasteiger partial charge in [0.25, 0.3) is 0 Å². The summed E-state index contributed by atoms with van der Waals surface area (Å²) in [5.41, 5.74) is 1.45. The Kier molecular flexibility index (Phi) is 5.65. The second-order valence-electron chi connectivity index (χ2n) is 8.85. The summed E-state index contributed by atoms with van der Waals surface area (Å²) in [5, 5.41) is 3.12. The Labute approximate surface area is 152 Å². The number of rotatable bonds is 4. The Hall–Kier alpha value is -1.58. The zero-order chi connectivity index (χ0) is 17.9.